The molecule has 0 amide bonds. The molecular weight excluding hydrogens is 462 g/mol. The third-order valence-corrected chi connectivity index (χ3v) is 12.2. The quantitative estimate of drug-likeness (QED) is 0.407. The van der Waals surface area contributed by atoms with E-state index in [1.807, 2.05) is 26.0 Å². The Morgan fingerprint density at radius 1 is 1.05 bits per heavy atom. The van der Waals surface area contributed by atoms with E-state index in [2.05, 4.69) is 40.7 Å². The van der Waals surface area contributed by atoms with Crippen LogP contribution in [0, 0.1) is 62.1 Å². The van der Waals surface area contributed by atoms with Gasteiger partial charge in [-0.15, -0.1) is 0 Å². The van der Waals surface area contributed by atoms with Crippen LogP contribution in [0.25, 0.3) is 0 Å². The van der Waals surface area contributed by atoms with Gasteiger partial charge in [-0.05, 0) is 86.0 Å². The third kappa shape index (κ3) is 3.29. The fourth-order valence-corrected chi connectivity index (χ4v) is 9.88. The molecule has 0 aromatic heterocycles. The summed E-state index contributed by atoms with van der Waals surface area (Å²) in [4.78, 5) is 40.8. The lowest BCUT2D eigenvalue weighted by Crippen LogP contribution is -2.65. The summed E-state index contributed by atoms with van der Waals surface area (Å²) in [6, 6.07) is 2.15. The van der Waals surface area contributed by atoms with Gasteiger partial charge in [-0.25, -0.2) is 0 Å². The fraction of sp³-hybridized carbons (Fsp3) is 0.750. The molecule has 2 unspecified atom stereocenters. The molecule has 0 saturated heterocycles. The number of carbonyl (C=O) groups is 3. The molecular formula is C32H43NO4. The van der Waals surface area contributed by atoms with Gasteiger partial charge in [0, 0.05) is 17.3 Å². The lowest BCUT2D eigenvalue weighted by Gasteiger charge is -2.68. The summed E-state index contributed by atoms with van der Waals surface area (Å²) < 4.78 is 5.69. The van der Waals surface area contributed by atoms with Crippen LogP contribution in [0.4, 0.5) is 0 Å². The number of ether oxygens (including phenoxy) is 1. The van der Waals surface area contributed by atoms with Gasteiger partial charge in [-0.1, -0.05) is 53.2 Å². The van der Waals surface area contributed by atoms with Crippen LogP contribution in [0.5, 0.6) is 0 Å². The zero-order valence-corrected chi connectivity index (χ0v) is 23.7. The maximum absolute atomic E-state index is 14.4. The molecule has 0 aliphatic heterocycles. The Hall–Kier alpha value is -2.22. The molecule has 5 aliphatic rings. The molecule has 8 atom stereocenters. The molecule has 0 N–H and O–H groups in total. The number of carbonyl (C=O) groups excluding carboxylic acids is 3. The van der Waals surface area contributed by atoms with Crippen molar-refractivity contribution < 1.29 is 19.1 Å². The van der Waals surface area contributed by atoms with Crippen LogP contribution >= 0.6 is 0 Å². The number of ketones is 2. The van der Waals surface area contributed by atoms with E-state index in [4.69, 9.17) is 4.74 Å². The van der Waals surface area contributed by atoms with Gasteiger partial charge in [0.1, 0.15) is 6.07 Å². The van der Waals surface area contributed by atoms with Crippen molar-refractivity contribution >= 4 is 17.5 Å². The summed E-state index contributed by atoms with van der Waals surface area (Å²) in [5.41, 5.74) is -0.249. The monoisotopic (exact) mass is 505 g/mol. The molecule has 0 aromatic rings. The maximum atomic E-state index is 14.4. The van der Waals surface area contributed by atoms with Crippen molar-refractivity contribution in [2.45, 2.75) is 93.4 Å². The molecule has 0 spiro atoms. The highest BCUT2D eigenvalue weighted by Crippen LogP contribution is 2.73. The Labute approximate surface area is 222 Å². The Bertz CT molecular complexity index is 1170. The van der Waals surface area contributed by atoms with Crippen LogP contribution < -0.4 is 0 Å². The van der Waals surface area contributed by atoms with Gasteiger partial charge in [0.15, 0.2) is 11.6 Å². The van der Waals surface area contributed by atoms with Crippen molar-refractivity contribution in [2.75, 3.05) is 6.61 Å². The molecule has 3 saturated carbocycles. The van der Waals surface area contributed by atoms with Crippen molar-refractivity contribution in [1.82, 2.24) is 0 Å². The molecule has 5 rings (SSSR count). The molecule has 5 heteroatoms. The van der Waals surface area contributed by atoms with Crippen molar-refractivity contribution in [3.63, 3.8) is 0 Å². The summed E-state index contributed by atoms with van der Waals surface area (Å²) in [7, 11) is 0. The smallest absolute Gasteiger partial charge is 0.312 e. The minimum Gasteiger partial charge on any atom is -0.466 e. The minimum atomic E-state index is -0.589. The lowest BCUT2D eigenvalue weighted by molar-refractivity contribution is -0.192. The fourth-order valence-electron chi connectivity index (χ4n) is 9.88. The van der Waals surface area contributed by atoms with Gasteiger partial charge in [0.25, 0.3) is 0 Å². The van der Waals surface area contributed by atoms with Crippen molar-refractivity contribution in [1.29, 1.82) is 5.26 Å². The zero-order valence-electron chi connectivity index (χ0n) is 23.7. The Morgan fingerprint density at radius 3 is 2.38 bits per heavy atom. The number of nitrogens with zero attached hydrogens (tertiary/aromatic N) is 1. The number of hydrogen-bond donors (Lipinski definition) is 0. The second-order valence-electron chi connectivity index (χ2n) is 14.3. The Kier molecular flexibility index (Phi) is 5.81. The van der Waals surface area contributed by atoms with Crippen LogP contribution in [0.3, 0.4) is 0 Å². The van der Waals surface area contributed by atoms with Gasteiger partial charge in [0.05, 0.1) is 17.6 Å². The van der Waals surface area contributed by atoms with E-state index in [0.29, 0.717) is 6.61 Å². The van der Waals surface area contributed by atoms with E-state index in [0.717, 1.165) is 50.5 Å². The predicted molar refractivity (Wildman–Crippen MR) is 141 cm³/mol. The highest BCUT2D eigenvalue weighted by molar-refractivity contribution is 6.02. The van der Waals surface area contributed by atoms with Gasteiger partial charge >= 0.3 is 5.97 Å². The molecule has 37 heavy (non-hydrogen) atoms. The first-order valence-corrected chi connectivity index (χ1v) is 14.3. The highest BCUT2D eigenvalue weighted by Gasteiger charge is 2.70. The van der Waals surface area contributed by atoms with Crippen molar-refractivity contribution in [2.24, 2.45) is 50.7 Å². The molecule has 0 bridgehead atoms. The molecule has 3 fully saturated rings. The van der Waals surface area contributed by atoms with Crippen LogP contribution in [-0.2, 0) is 19.1 Å². The van der Waals surface area contributed by atoms with E-state index in [1.165, 1.54) is 0 Å². The summed E-state index contributed by atoms with van der Waals surface area (Å²) >= 11 is 0. The summed E-state index contributed by atoms with van der Waals surface area (Å²) in [6.45, 7) is 15.5. The average Bonchev–Trinajstić information content (AvgIpc) is 2.82. The van der Waals surface area contributed by atoms with Crippen molar-refractivity contribution in [3.8, 4) is 6.07 Å². The van der Waals surface area contributed by atoms with Crippen LogP contribution in [0.2, 0.25) is 0 Å². The normalized spacial score (nSPS) is 46.2. The minimum absolute atomic E-state index is 0.0428. The number of rotatable bonds is 2. The zero-order chi connectivity index (χ0) is 27.2. The Balaban J connectivity index is 1.68. The number of Topliss-reactive ketones (excluding diaryl/α,β-unsaturated/α-hetero) is 1. The van der Waals surface area contributed by atoms with Gasteiger partial charge in [-0.3, -0.25) is 14.4 Å². The van der Waals surface area contributed by atoms with Crippen LogP contribution in [0.1, 0.15) is 93.4 Å². The first-order chi connectivity index (χ1) is 17.2. The third-order valence-electron chi connectivity index (χ3n) is 12.2. The summed E-state index contributed by atoms with van der Waals surface area (Å²) in [6.07, 6.45) is 9.74. The molecule has 5 aliphatic carbocycles. The summed E-state index contributed by atoms with van der Waals surface area (Å²) in [5.74, 6) is -0.480. The number of hydrogen-bond acceptors (Lipinski definition) is 5. The Morgan fingerprint density at radius 2 is 1.73 bits per heavy atom. The number of allylic oxidation sites excluding steroid dienone is 4. The van der Waals surface area contributed by atoms with E-state index in [9.17, 15) is 19.6 Å². The van der Waals surface area contributed by atoms with Crippen LogP contribution in [0.15, 0.2) is 23.3 Å². The molecule has 200 valence electrons. The van der Waals surface area contributed by atoms with E-state index in [1.54, 1.807) is 0 Å². The molecule has 5 nitrogen and oxygen atoms in total. The van der Waals surface area contributed by atoms with Gasteiger partial charge in [-0.2, -0.15) is 5.26 Å². The number of nitriles is 1. The summed E-state index contributed by atoms with van der Waals surface area (Å²) in [5, 5.41) is 9.77. The van der Waals surface area contributed by atoms with E-state index in [-0.39, 0.29) is 63.0 Å². The largest absolute Gasteiger partial charge is 0.466 e. The number of fused-ring (bicyclic) bond motifs is 7. The highest BCUT2D eigenvalue weighted by atomic mass is 16.5. The maximum Gasteiger partial charge on any atom is 0.312 e. The second kappa shape index (κ2) is 8.14. The molecule has 0 radical (unpaired) electrons. The van der Waals surface area contributed by atoms with Gasteiger partial charge < -0.3 is 4.74 Å². The van der Waals surface area contributed by atoms with E-state index < -0.39 is 10.8 Å². The van der Waals surface area contributed by atoms with Crippen molar-refractivity contribution in [3.05, 3.63) is 23.3 Å². The van der Waals surface area contributed by atoms with Crippen LogP contribution in [-0.4, -0.2) is 24.1 Å². The van der Waals surface area contributed by atoms with Gasteiger partial charge in [0.2, 0.25) is 0 Å². The number of esters is 1. The SMILES string of the molecule is CCOC(=O)[C@]12CCC(C)(C)CC1C1C(=O)C=C3[C@@]4(C)C=C(C#N)C(=O)[C@@H](C)[C@@H]4CC[C@@]3(C)[C@]1(C)CC2. The lowest BCUT2D eigenvalue weighted by atomic mass is 9.35. The first-order valence-electron chi connectivity index (χ1n) is 14.3. The predicted octanol–water partition coefficient (Wildman–Crippen LogP) is 6.38. The van der Waals surface area contributed by atoms with E-state index >= 15 is 0 Å². The standard InChI is InChI=1S/C32H43NO4/c1-8-37-27(36)32-13-11-28(3,4)17-22(32)25-23(34)15-24-29(5)16-20(18-33)26(35)19(2)21(29)9-10-30(24,6)31(25,7)12-14-32/h15-16,19,21-22,25H,8-14,17H2,1-7H3/t19-,21-,22?,25?,29-,30+,31+,32-/m0/s1. The average molecular weight is 506 g/mol. The molecule has 0 aromatic carbocycles. The molecule has 0 heterocycles. The first kappa shape index (κ1) is 26.4. The topological polar surface area (TPSA) is 84.2 Å². The second-order valence-corrected chi connectivity index (χ2v) is 14.3.